The zero-order valence-electron chi connectivity index (χ0n) is 20.8. The molecule has 0 aromatic heterocycles. The van der Waals surface area contributed by atoms with Gasteiger partial charge < -0.3 is 30.3 Å². The summed E-state index contributed by atoms with van der Waals surface area (Å²) in [6.07, 6.45) is 16.3. The Morgan fingerprint density at radius 3 is 2.54 bits per heavy atom. The molecule has 190 valence electrons. The van der Waals surface area contributed by atoms with Crippen LogP contribution in [0.2, 0.25) is 0 Å². The fourth-order valence-corrected chi connectivity index (χ4v) is 3.44. The van der Waals surface area contributed by atoms with Crippen molar-refractivity contribution in [2.45, 2.75) is 32.7 Å². The van der Waals surface area contributed by atoms with Gasteiger partial charge in [0.05, 0.1) is 0 Å². The molecule has 8 heteroatoms. The normalized spacial score (nSPS) is 16.6. The Labute approximate surface area is 209 Å². The second kappa shape index (κ2) is 17.7. The van der Waals surface area contributed by atoms with Crippen LogP contribution in [0.3, 0.4) is 0 Å². The number of piperazine rings is 1. The van der Waals surface area contributed by atoms with Crippen LogP contribution in [0.15, 0.2) is 60.3 Å². The van der Waals surface area contributed by atoms with Gasteiger partial charge in [-0.1, -0.05) is 30.4 Å². The van der Waals surface area contributed by atoms with Gasteiger partial charge in [-0.05, 0) is 44.4 Å². The molecule has 3 N–H and O–H groups in total. The van der Waals surface area contributed by atoms with Crippen LogP contribution >= 0.6 is 0 Å². The molecule has 0 aliphatic carbocycles. The molecule has 8 nitrogen and oxygen atoms in total. The number of fused-ring (bicyclic) bond motifs is 1. The highest BCUT2D eigenvalue weighted by Gasteiger charge is 2.27. The van der Waals surface area contributed by atoms with Gasteiger partial charge in [-0.2, -0.15) is 0 Å². The number of amides is 2. The van der Waals surface area contributed by atoms with Crippen molar-refractivity contribution in [2.24, 2.45) is 0 Å². The van der Waals surface area contributed by atoms with E-state index in [-0.39, 0.29) is 5.91 Å². The van der Waals surface area contributed by atoms with Crippen LogP contribution in [0.25, 0.3) is 0 Å². The van der Waals surface area contributed by atoms with Crippen LogP contribution in [0.5, 0.6) is 11.5 Å². The predicted molar refractivity (Wildman–Crippen MR) is 140 cm³/mol. The number of carbonyl (C=O) groups is 2. The topological polar surface area (TPSA) is 91.9 Å². The van der Waals surface area contributed by atoms with Gasteiger partial charge in [0.1, 0.15) is 6.04 Å². The van der Waals surface area contributed by atoms with Crippen molar-refractivity contribution in [1.82, 2.24) is 20.9 Å². The van der Waals surface area contributed by atoms with E-state index in [1.54, 1.807) is 4.90 Å². The number of benzene rings is 1. The summed E-state index contributed by atoms with van der Waals surface area (Å²) < 4.78 is 10.2. The highest BCUT2D eigenvalue weighted by molar-refractivity contribution is 5.84. The van der Waals surface area contributed by atoms with Crippen molar-refractivity contribution in [3.63, 3.8) is 0 Å². The summed E-state index contributed by atoms with van der Waals surface area (Å²) in [5.41, 5.74) is 2.38. The average Bonchev–Trinajstić information content (AvgIpc) is 3.39. The molecule has 2 aliphatic heterocycles. The Morgan fingerprint density at radius 1 is 1.26 bits per heavy atom. The predicted octanol–water partition coefficient (Wildman–Crippen LogP) is 2.60. The number of hydrogen-bond donors (Lipinski definition) is 3. The van der Waals surface area contributed by atoms with Crippen molar-refractivity contribution in [2.75, 3.05) is 39.5 Å². The smallest absolute Gasteiger partial charge is 0.244 e. The number of carbonyl (C=O) groups excluding carboxylic acids is 2. The molecule has 35 heavy (non-hydrogen) atoms. The van der Waals surface area contributed by atoms with Gasteiger partial charge in [-0.3, -0.25) is 9.59 Å². The molecule has 1 aromatic rings. The number of allylic oxidation sites excluding steroid dienone is 3. The van der Waals surface area contributed by atoms with E-state index in [9.17, 15) is 9.59 Å². The lowest BCUT2D eigenvalue weighted by atomic mass is 10.1. The first-order valence-corrected chi connectivity index (χ1v) is 11.6. The van der Waals surface area contributed by atoms with Gasteiger partial charge >= 0.3 is 0 Å². The van der Waals surface area contributed by atoms with Crippen LogP contribution in [-0.4, -0.2) is 62.8 Å². The van der Waals surface area contributed by atoms with Gasteiger partial charge in [0, 0.05) is 38.4 Å². The van der Waals surface area contributed by atoms with E-state index in [0.29, 0.717) is 26.4 Å². The molecule has 1 fully saturated rings. The van der Waals surface area contributed by atoms with Crippen LogP contribution in [0, 0.1) is 12.8 Å². The fourth-order valence-electron chi connectivity index (χ4n) is 3.44. The molecule has 2 aliphatic rings. The second-order valence-electron chi connectivity index (χ2n) is 7.63. The number of nitrogens with zero attached hydrogens (tertiary/aromatic N) is 1. The summed E-state index contributed by atoms with van der Waals surface area (Å²) in [6.45, 7) is 11.2. The van der Waals surface area contributed by atoms with Crippen LogP contribution in [0.1, 0.15) is 26.7 Å². The molecule has 1 saturated heterocycles. The zero-order chi connectivity index (χ0) is 25.9. The maximum Gasteiger partial charge on any atom is 0.244 e. The van der Waals surface area contributed by atoms with Gasteiger partial charge in [-0.15, -0.1) is 19.4 Å². The Kier molecular flexibility index (Phi) is 14.9. The number of rotatable bonds is 10. The van der Waals surface area contributed by atoms with Gasteiger partial charge in [0.2, 0.25) is 19.1 Å². The quantitative estimate of drug-likeness (QED) is 0.270. The van der Waals surface area contributed by atoms with Crippen molar-refractivity contribution in [3.8, 4) is 24.3 Å². The molecular weight excluding hydrogens is 444 g/mol. The molecule has 1 unspecified atom stereocenters. The largest absolute Gasteiger partial charge is 0.454 e. The molecular formula is C27H38N4O4. The van der Waals surface area contributed by atoms with Gasteiger partial charge in [0.15, 0.2) is 11.5 Å². The first kappa shape index (κ1) is 29.3. The van der Waals surface area contributed by atoms with E-state index < -0.39 is 6.04 Å². The standard InChI is InChI=1S/C18H30N4O2.C7H6O2.C2H2/c1-4-6-7-16(15(3)20-9-5-2)8-10-21-18(24)17-13-19-11-12-22(17)14-23;1-2-4-7-6(3-1)8-5-9-7;1-2/h4-6,14,17,19-20H,2,7-13H2,1,3H3,(H,21,24);1-4H,5H2;1-2H/b6-4-,16-15+;;. The van der Waals surface area contributed by atoms with E-state index in [0.717, 1.165) is 49.5 Å². The molecule has 0 radical (unpaired) electrons. The van der Waals surface area contributed by atoms with Crippen molar-refractivity contribution >= 4 is 12.3 Å². The first-order valence-electron chi connectivity index (χ1n) is 11.6. The Bertz CT molecular complexity index is 856. The second-order valence-corrected chi connectivity index (χ2v) is 7.63. The van der Waals surface area contributed by atoms with Crippen LogP contribution in [-0.2, 0) is 9.59 Å². The molecule has 2 heterocycles. The van der Waals surface area contributed by atoms with Crippen molar-refractivity contribution in [3.05, 3.63) is 60.3 Å². The van der Waals surface area contributed by atoms with E-state index in [2.05, 4.69) is 41.5 Å². The Hall–Kier alpha value is -3.70. The maximum atomic E-state index is 12.3. The van der Waals surface area contributed by atoms with Crippen molar-refractivity contribution < 1.29 is 19.1 Å². The van der Waals surface area contributed by atoms with E-state index in [4.69, 9.17) is 9.47 Å². The van der Waals surface area contributed by atoms with Gasteiger partial charge in [0.25, 0.3) is 0 Å². The summed E-state index contributed by atoms with van der Waals surface area (Å²) in [4.78, 5) is 24.9. The van der Waals surface area contributed by atoms with Crippen LogP contribution < -0.4 is 25.4 Å². The maximum absolute atomic E-state index is 12.3. The lowest BCUT2D eigenvalue weighted by Crippen LogP contribution is -2.57. The van der Waals surface area contributed by atoms with E-state index in [1.165, 1.54) is 5.57 Å². The zero-order valence-corrected chi connectivity index (χ0v) is 20.8. The summed E-state index contributed by atoms with van der Waals surface area (Å²) in [5.74, 6) is 1.59. The minimum Gasteiger partial charge on any atom is -0.454 e. The van der Waals surface area contributed by atoms with E-state index >= 15 is 0 Å². The fraction of sp³-hybridized carbons (Fsp3) is 0.407. The molecule has 2 amide bonds. The Morgan fingerprint density at radius 2 is 1.94 bits per heavy atom. The summed E-state index contributed by atoms with van der Waals surface area (Å²) in [5, 5.41) is 9.41. The number of ether oxygens (including phenoxy) is 2. The number of terminal acetylenes is 1. The third-order valence-corrected chi connectivity index (χ3v) is 5.37. The minimum absolute atomic E-state index is 0.101. The molecule has 1 aromatic carbocycles. The third-order valence-electron chi connectivity index (χ3n) is 5.37. The van der Waals surface area contributed by atoms with Crippen LogP contribution in [0.4, 0.5) is 0 Å². The minimum atomic E-state index is -0.417. The molecule has 0 bridgehead atoms. The first-order chi connectivity index (χ1) is 17.1. The number of hydrogen-bond acceptors (Lipinski definition) is 6. The molecule has 0 spiro atoms. The third kappa shape index (κ3) is 10.4. The summed E-state index contributed by atoms with van der Waals surface area (Å²) in [6, 6.07) is 7.21. The van der Waals surface area contributed by atoms with E-state index in [1.807, 2.05) is 50.3 Å². The summed E-state index contributed by atoms with van der Waals surface area (Å²) >= 11 is 0. The van der Waals surface area contributed by atoms with Crippen molar-refractivity contribution in [1.29, 1.82) is 0 Å². The Balaban J connectivity index is 0.000000454. The monoisotopic (exact) mass is 482 g/mol. The average molecular weight is 483 g/mol. The molecule has 0 saturated carbocycles. The molecule has 1 atom stereocenters. The molecule has 3 rings (SSSR count). The lowest BCUT2D eigenvalue weighted by molar-refractivity contribution is -0.133. The lowest BCUT2D eigenvalue weighted by Gasteiger charge is -2.32. The summed E-state index contributed by atoms with van der Waals surface area (Å²) in [7, 11) is 0. The SMILES string of the molecule is C#C.C=CCN/C(C)=C(\C/C=C\C)CCNC(=O)C1CNCCN1C=O.c1ccc2c(c1)OCO2. The highest BCUT2D eigenvalue weighted by Crippen LogP contribution is 2.30. The highest BCUT2D eigenvalue weighted by atomic mass is 16.7. The van der Waals surface area contributed by atoms with Gasteiger partial charge in [-0.25, -0.2) is 0 Å². The number of para-hydroxylation sites is 2. The number of nitrogens with one attached hydrogen (secondary N) is 3.